The predicted molar refractivity (Wildman–Crippen MR) is 81.0 cm³/mol. The molecule has 0 aliphatic heterocycles. The summed E-state index contributed by atoms with van der Waals surface area (Å²) in [4.78, 5) is 16.5. The van der Waals surface area contributed by atoms with Crippen LogP contribution in [0.25, 0.3) is 11.0 Å². The molecule has 1 N–H and O–H groups in total. The molecule has 0 fully saturated rings. The van der Waals surface area contributed by atoms with E-state index in [-0.39, 0.29) is 5.91 Å². The number of fused-ring (bicyclic) bond motifs is 1. The SMILES string of the molecule is CCOc1ccc(C(=O)Nn2cnc3ccccc32)cc1. The molecule has 2 aromatic carbocycles. The van der Waals surface area contributed by atoms with Crippen molar-refractivity contribution in [3.8, 4) is 5.75 Å². The second-order valence-corrected chi connectivity index (χ2v) is 4.50. The molecule has 3 rings (SSSR count). The van der Waals surface area contributed by atoms with Gasteiger partial charge < -0.3 is 4.74 Å². The summed E-state index contributed by atoms with van der Waals surface area (Å²) in [7, 11) is 0. The van der Waals surface area contributed by atoms with Crippen LogP contribution in [0.15, 0.2) is 54.9 Å². The fraction of sp³-hybridized carbons (Fsp3) is 0.125. The van der Waals surface area contributed by atoms with Gasteiger partial charge in [0.1, 0.15) is 12.1 Å². The number of rotatable bonds is 4. The van der Waals surface area contributed by atoms with Gasteiger partial charge in [-0.2, -0.15) is 0 Å². The molecule has 0 saturated heterocycles. The molecule has 0 aliphatic carbocycles. The maximum atomic E-state index is 12.2. The van der Waals surface area contributed by atoms with E-state index in [2.05, 4.69) is 10.4 Å². The van der Waals surface area contributed by atoms with Crippen LogP contribution in [0.3, 0.4) is 0 Å². The highest BCUT2D eigenvalue weighted by atomic mass is 16.5. The lowest BCUT2D eigenvalue weighted by Gasteiger charge is -2.08. The predicted octanol–water partition coefficient (Wildman–Crippen LogP) is 2.82. The van der Waals surface area contributed by atoms with E-state index in [0.29, 0.717) is 12.2 Å². The number of carbonyl (C=O) groups excluding carboxylic acids is 1. The monoisotopic (exact) mass is 281 g/mol. The second-order valence-electron chi connectivity index (χ2n) is 4.50. The number of amides is 1. The normalized spacial score (nSPS) is 10.5. The molecule has 0 unspecified atom stereocenters. The van der Waals surface area contributed by atoms with Gasteiger partial charge in [-0.3, -0.25) is 10.2 Å². The average Bonchev–Trinajstić information content (AvgIpc) is 2.92. The lowest BCUT2D eigenvalue weighted by molar-refractivity contribution is 0.101. The molecule has 1 heterocycles. The number of benzene rings is 2. The first kappa shape index (κ1) is 13.2. The number of imidazole rings is 1. The first-order valence-electron chi connectivity index (χ1n) is 6.74. The molecule has 106 valence electrons. The minimum Gasteiger partial charge on any atom is -0.494 e. The average molecular weight is 281 g/mol. The zero-order chi connectivity index (χ0) is 14.7. The highest BCUT2D eigenvalue weighted by molar-refractivity contribution is 6.00. The van der Waals surface area contributed by atoms with Crippen molar-refractivity contribution >= 4 is 16.9 Å². The van der Waals surface area contributed by atoms with Gasteiger partial charge in [0.05, 0.1) is 17.6 Å². The van der Waals surface area contributed by atoms with Crippen LogP contribution in [0, 0.1) is 0 Å². The Hall–Kier alpha value is -2.82. The topological polar surface area (TPSA) is 56.1 Å². The largest absolute Gasteiger partial charge is 0.494 e. The molecule has 1 amide bonds. The molecule has 0 bridgehead atoms. The molecular weight excluding hydrogens is 266 g/mol. The van der Waals surface area contributed by atoms with Gasteiger partial charge in [0, 0.05) is 5.56 Å². The summed E-state index contributed by atoms with van der Waals surface area (Å²) >= 11 is 0. The van der Waals surface area contributed by atoms with Gasteiger partial charge >= 0.3 is 0 Å². The highest BCUT2D eigenvalue weighted by Crippen LogP contribution is 2.13. The van der Waals surface area contributed by atoms with Gasteiger partial charge in [-0.1, -0.05) is 12.1 Å². The van der Waals surface area contributed by atoms with Crippen molar-refractivity contribution in [2.24, 2.45) is 0 Å². The number of aromatic nitrogens is 2. The van der Waals surface area contributed by atoms with Crippen LogP contribution in [-0.2, 0) is 0 Å². The maximum Gasteiger partial charge on any atom is 0.270 e. The Labute approximate surface area is 122 Å². The molecule has 3 aromatic rings. The summed E-state index contributed by atoms with van der Waals surface area (Å²) < 4.78 is 6.98. The Morgan fingerprint density at radius 1 is 1.19 bits per heavy atom. The third-order valence-corrected chi connectivity index (χ3v) is 3.10. The Bertz CT molecular complexity index is 763. The summed E-state index contributed by atoms with van der Waals surface area (Å²) in [5.41, 5.74) is 5.07. The summed E-state index contributed by atoms with van der Waals surface area (Å²) in [6, 6.07) is 14.7. The van der Waals surface area contributed by atoms with E-state index >= 15 is 0 Å². The molecule has 5 heteroatoms. The van der Waals surface area contributed by atoms with Crippen LogP contribution in [0.4, 0.5) is 0 Å². The van der Waals surface area contributed by atoms with Crippen molar-refractivity contribution in [1.29, 1.82) is 0 Å². The fourth-order valence-electron chi connectivity index (χ4n) is 2.09. The van der Waals surface area contributed by atoms with Crippen LogP contribution in [-0.4, -0.2) is 22.2 Å². The lowest BCUT2D eigenvalue weighted by atomic mass is 10.2. The number of nitrogens with zero attached hydrogens (tertiary/aromatic N) is 2. The number of hydrogen-bond donors (Lipinski definition) is 1. The Kier molecular flexibility index (Phi) is 3.55. The van der Waals surface area contributed by atoms with Crippen LogP contribution < -0.4 is 10.2 Å². The molecule has 0 spiro atoms. The molecule has 21 heavy (non-hydrogen) atoms. The quantitative estimate of drug-likeness (QED) is 0.800. The first-order valence-corrected chi connectivity index (χ1v) is 6.74. The van der Waals surface area contributed by atoms with Crippen LogP contribution in [0.2, 0.25) is 0 Å². The van der Waals surface area contributed by atoms with Gasteiger partial charge in [-0.25, -0.2) is 9.66 Å². The Morgan fingerprint density at radius 3 is 2.71 bits per heavy atom. The van der Waals surface area contributed by atoms with E-state index in [1.807, 2.05) is 31.2 Å². The van der Waals surface area contributed by atoms with E-state index in [4.69, 9.17) is 4.74 Å². The van der Waals surface area contributed by atoms with E-state index < -0.39 is 0 Å². The first-order chi connectivity index (χ1) is 10.3. The number of nitrogens with one attached hydrogen (secondary N) is 1. The van der Waals surface area contributed by atoms with Crippen molar-refractivity contribution in [2.75, 3.05) is 12.0 Å². The highest BCUT2D eigenvalue weighted by Gasteiger charge is 2.08. The molecule has 0 aliphatic rings. The van der Waals surface area contributed by atoms with Crippen molar-refractivity contribution in [2.45, 2.75) is 6.92 Å². The van der Waals surface area contributed by atoms with Crippen LogP contribution in [0.5, 0.6) is 5.75 Å². The van der Waals surface area contributed by atoms with E-state index in [0.717, 1.165) is 16.8 Å². The Balaban J connectivity index is 1.79. The van der Waals surface area contributed by atoms with Gasteiger partial charge in [-0.15, -0.1) is 0 Å². The summed E-state index contributed by atoms with van der Waals surface area (Å²) in [5, 5.41) is 0. The molecule has 1 aromatic heterocycles. The number of hydrogen-bond acceptors (Lipinski definition) is 3. The van der Waals surface area contributed by atoms with E-state index in [9.17, 15) is 4.79 Å². The summed E-state index contributed by atoms with van der Waals surface area (Å²) in [5.74, 6) is 0.559. The standard InChI is InChI=1S/C16H15N3O2/c1-2-21-13-9-7-12(8-10-13)16(20)18-19-11-17-14-5-3-4-6-15(14)19/h3-11H,2H2,1H3,(H,18,20). The number of ether oxygens (including phenoxy) is 1. The van der Waals surface area contributed by atoms with Gasteiger partial charge in [0.15, 0.2) is 0 Å². The zero-order valence-electron chi connectivity index (χ0n) is 11.6. The number of para-hydroxylation sites is 2. The van der Waals surface area contributed by atoms with Crippen LogP contribution in [0.1, 0.15) is 17.3 Å². The third-order valence-electron chi connectivity index (χ3n) is 3.10. The Morgan fingerprint density at radius 2 is 1.95 bits per heavy atom. The zero-order valence-corrected chi connectivity index (χ0v) is 11.6. The van der Waals surface area contributed by atoms with Gasteiger partial charge in [0.2, 0.25) is 0 Å². The van der Waals surface area contributed by atoms with Crippen LogP contribution >= 0.6 is 0 Å². The second kappa shape index (κ2) is 5.66. The molecule has 0 saturated carbocycles. The molecule has 0 atom stereocenters. The lowest BCUT2D eigenvalue weighted by Crippen LogP contribution is -2.21. The van der Waals surface area contributed by atoms with Crippen molar-refractivity contribution < 1.29 is 9.53 Å². The van der Waals surface area contributed by atoms with Crippen molar-refractivity contribution in [3.05, 3.63) is 60.4 Å². The molecule has 0 radical (unpaired) electrons. The number of carbonyl (C=O) groups is 1. The van der Waals surface area contributed by atoms with E-state index in [1.54, 1.807) is 35.3 Å². The van der Waals surface area contributed by atoms with Crippen molar-refractivity contribution in [3.63, 3.8) is 0 Å². The third kappa shape index (κ3) is 2.72. The molecule has 5 nitrogen and oxygen atoms in total. The minimum atomic E-state index is -0.193. The van der Waals surface area contributed by atoms with Gasteiger partial charge in [-0.05, 0) is 43.3 Å². The fourth-order valence-corrected chi connectivity index (χ4v) is 2.09. The molecular formula is C16H15N3O2. The minimum absolute atomic E-state index is 0.193. The summed E-state index contributed by atoms with van der Waals surface area (Å²) in [6.07, 6.45) is 1.59. The summed E-state index contributed by atoms with van der Waals surface area (Å²) in [6.45, 7) is 2.53. The van der Waals surface area contributed by atoms with Crippen molar-refractivity contribution in [1.82, 2.24) is 9.66 Å². The van der Waals surface area contributed by atoms with E-state index in [1.165, 1.54) is 0 Å². The van der Waals surface area contributed by atoms with Gasteiger partial charge in [0.25, 0.3) is 5.91 Å². The smallest absolute Gasteiger partial charge is 0.270 e. The maximum absolute atomic E-state index is 12.2.